The molecule has 5 nitrogen and oxygen atoms in total. The van der Waals surface area contributed by atoms with E-state index in [1.54, 1.807) is 12.3 Å². The first-order valence-electron chi connectivity index (χ1n) is 7.11. The molecule has 1 aromatic heterocycles. The summed E-state index contributed by atoms with van der Waals surface area (Å²) in [7, 11) is -2.42. The number of methoxy groups -OCH3 is 1. The molecule has 0 aromatic carbocycles. The molecule has 1 heterocycles. The molecule has 116 valence electrons. The number of sulfonamides is 1. The molecule has 1 aromatic rings. The van der Waals surface area contributed by atoms with Crippen LogP contribution < -0.4 is 4.72 Å². The summed E-state index contributed by atoms with van der Waals surface area (Å²) < 4.78 is 32.9. The van der Waals surface area contributed by atoms with Crippen LogP contribution in [0.1, 0.15) is 40.9 Å². The van der Waals surface area contributed by atoms with E-state index in [1.165, 1.54) is 13.5 Å². The van der Waals surface area contributed by atoms with Crippen molar-refractivity contribution in [3.63, 3.8) is 0 Å². The van der Waals surface area contributed by atoms with Crippen molar-refractivity contribution in [3.8, 4) is 0 Å². The minimum atomic E-state index is -3.68. The molecule has 21 heavy (non-hydrogen) atoms. The molecule has 0 amide bonds. The number of carbonyl (C=O) groups is 1. The van der Waals surface area contributed by atoms with Crippen molar-refractivity contribution in [2.75, 3.05) is 7.11 Å². The summed E-state index contributed by atoms with van der Waals surface area (Å²) in [6, 6.07) is 0.0125. The van der Waals surface area contributed by atoms with Gasteiger partial charge in [0.25, 0.3) is 0 Å². The Morgan fingerprint density at radius 3 is 2.71 bits per heavy atom. The molecule has 2 aliphatic rings. The van der Waals surface area contributed by atoms with Crippen molar-refractivity contribution >= 4 is 27.3 Å². The minimum absolute atomic E-state index is 0.0125. The molecule has 3 rings (SSSR count). The molecule has 3 atom stereocenters. The molecule has 7 heteroatoms. The van der Waals surface area contributed by atoms with Crippen molar-refractivity contribution in [2.24, 2.45) is 11.8 Å². The van der Waals surface area contributed by atoms with Gasteiger partial charge in [0, 0.05) is 6.04 Å². The van der Waals surface area contributed by atoms with E-state index in [1.807, 2.05) is 0 Å². The Morgan fingerprint density at radius 1 is 1.38 bits per heavy atom. The second kappa shape index (κ2) is 5.37. The average molecular weight is 329 g/mol. The molecule has 3 unspecified atom stereocenters. The summed E-state index contributed by atoms with van der Waals surface area (Å²) in [5.74, 6) is 0.512. The monoisotopic (exact) mass is 329 g/mol. The Morgan fingerprint density at radius 2 is 2.14 bits per heavy atom. The molecule has 2 fully saturated rings. The highest BCUT2D eigenvalue weighted by Crippen LogP contribution is 2.45. The van der Waals surface area contributed by atoms with Gasteiger partial charge in [-0.3, -0.25) is 0 Å². The fraction of sp³-hybridized carbons (Fsp3) is 0.643. The van der Waals surface area contributed by atoms with Gasteiger partial charge in [0.15, 0.2) is 0 Å². The largest absolute Gasteiger partial charge is 0.465 e. The summed E-state index contributed by atoms with van der Waals surface area (Å²) in [4.78, 5) is 12.0. The van der Waals surface area contributed by atoms with Crippen molar-refractivity contribution in [1.82, 2.24) is 4.72 Å². The zero-order chi connectivity index (χ0) is 15.2. The topological polar surface area (TPSA) is 72.5 Å². The van der Waals surface area contributed by atoms with E-state index in [0.29, 0.717) is 17.4 Å². The van der Waals surface area contributed by atoms with Crippen molar-refractivity contribution in [1.29, 1.82) is 0 Å². The number of thiophene rings is 1. The van der Waals surface area contributed by atoms with E-state index in [2.05, 4.69) is 9.46 Å². The lowest BCUT2D eigenvalue weighted by Gasteiger charge is -2.23. The third kappa shape index (κ3) is 2.62. The number of esters is 1. The van der Waals surface area contributed by atoms with Crippen molar-refractivity contribution < 1.29 is 17.9 Å². The maximum Gasteiger partial charge on any atom is 0.349 e. The van der Waals surface area contributed by atoms with Gasteiger partial charge in [0.2, 0.25) is 10.0 Å². The Labute approximate surface area is 128 Å². The third-order valence-corrected chi connectivity index (χ3v) is 7.49. The maximum absolute atomic E-state index is 12.7. The van der Waals surface area contributed by atoms with Crippen LogP contribution in [0.15, 0.2) is 10.3 Å². The van der Waals surface area contributed by atoms with Crippen LogP contribution in [-0.2, 0) is 14.8 Å². The Hall–Kier alpha value is -0.920. The number of hydrogen-bond donors (Lipinski definition) is 1. The molecule has 1 N–H and O–H groups in total. The molecule has 0 aliphatic heterocycles. The number of hydrogen-bond acceptors (Lipinski definition) is 5. The van der Waals surface area contributed by atoms with Gasteiger partial charge in [-0.2, -0.15) is 0 Å². The normalized spacial score (nSPS) is 28.0. The van der Waals surface area contributed by atoms with Crippen molar-refractivity contribution in [3.05, 3.63) is 15.8 Å². The van der Waals surface area contributed by atoms with Gasteiger partial charge in [-0.15, -0.1) is 11.3 Å². The molecular formula is C14H19NO4S2. The lowest BCUT2D eigenvalue weighted by molar-refractivity contribution is 0.0602. The Bertz CT molecular complexity index is 665. The number of ether oxygens (including phenoxy) is 1. The molecular weight excluding hydrogens is 310 g/mol. The smallest absolute Gasteiger partial charge is 0.349 e. The molecule has 2 bridgehead atoms. The quantitative estimate of drug-likeness (QED) is 0.860. The van der Waals surface area contributed by atoms with E-state index in [-0.39, 0.29) is 15.8 Å². The first-order valence-corrected chi connectivity index (χ1v) is 9.47. The third-order valence-electron chi connectivity index (χ3n) is 4.60. The Balaban J connectivity index is 1.88. The van der Waals surface area contributed by atoms with Gasteiger partial charge in [-0.1, -0.05) is 6.42 Å². The van der Waals surface area contributed by atoms with Crippen LogP contribution in [0, 0.1) is 18.8 Å². The zero-order valence-corrected chi connectivity index (χ0v) is 13.7. The SMILES string of the molecule is COC(=O)c1scc(C)c1S(=O)(=O)NC1CC2CCC1C2. The fourth-order valence-electron chi connectivity index (χ4n) is 3.65. The predicted octanol–water partition coefficient (Wildman–Crippen LogP) is 2.31. The first kappa shape index (κ1) is 15.0. The van der Waals surface area contributed by atoms with Crippen LogP contribution in [0.2, 0.25) is 0 Å². The highest BCUT2D eigenvalue weighted by atomic mass is 32.2. The lowest BCUT2D eigenvalue weighted by Crippen LogP contribution is -2.39. The summed E-state index contributed by atoms with van der Waals surface area (Å²) in [5, 5.41) is 1.68. The number of nitrogens with one attached hydrogen (secondary N) is 1. The van der Waals surface area contributed by atoms with Crippen LogP contribution in [0.5, 0.6) is 0 Å². The predicted molar refractivity (Wildman–Crippen MR) is 80.0 cm³/mol. The zero-order valence-electron chi connectivity index (χ0n) is 12.1. The van der Waals surface area contributed by atoms with Gasteiger partial charge in [0.1, 0.15) is 9.77 Å². The van der Waals surface area contributed by atoms with Gasteiger partial charge < -0.3 is 4.74 Å². The van der Waals surface area contributed by atoms with Crippen LogP contribution in [-0.4, -0.2) is 27.5 Å². The molecule has 0 spiro atoms. The summed E-state index contributed by atoms with van der Waals surface area (Å²) in [5.41, 5.74) is 0.594. The number of rotatable bonds is 4. The van der Waals surface area contributed by atoms with Gasteiger partial charge >= 0.3 is 5.97 Å². The van der Waals surface area contributed by atoms with Gasteiger partial charge in [-0.05, 0) is 49.0 Å². The van der Waals surface area contributed by atoms with Crippen LogP contribution in [0.4, 0.5) is 0 Å². The van der Waals surface area contributed by atoms with Crippen LogP contribution in [0.25, 0.3) is 0 Å². The van der Waals surface area contributed by atoms with Gasteiger partial charge in [0.05, 0.1) is 7.11 Å². The summed E-state index contributed by atoms with van der Waals surface area (Å²) >= 11 is 1.12. The molecule has 2 aliphatic carbocycles. The highest BCUT2D eigenvalue weighted by molar-refractivity contribution is 7.89. The molecule has 0 radical (unpaired) electrons. The van der Waals surface area contributed by atoms with Crippen LogP contribution >= 0.6 is 11.3 Å². The van der Waals surface area contributed by atoms with Crippen LogP contribution in [0.3, 0.4) is 0 Å². The van der Waals surface area contributed by atoms with E-state index in [4.69, 9.17) is 0 Å². The number of fused-ring (bicyclic) bond motifs is 2. The average Bonchev–Trinajstić information content (AvgIpc) is 3.12. The number of aryl methyl sites for hydroxylation is 1. The Kier molecular flexibility index (Phi) is 3.83. The highest BCUT2D eigenvalue weighted by Gasteiger charge is 2.42. The van der Waals surface area contributed by atoms with Gasteiger partial charge in [-0.25, -0.2) is 17.9 Å². The standard InChI is InChI=1S/C14H19NO4S2/c1-8-7-20-12(14(16)19-2)13(8)21(17,18)15-11-6-9-3-4-10(11)5-9/h7,9-11,15H,3-6H2,1-2H3. The van der Waals surface area contributed by atoms with Crippen molar-refractivity contribution in [2.45, 2.75) is 43.5 Å². The fourth-order valence-corrected chi connectivity index (χ4v) is 6.67. The summed E-state index contributed by atoms with van der Waals surface area (Å²) in [6.45, 7) is 1.71. The first-order chi connectivity index (χ1) is 9.92. The summed E-state index contributed by atoms with van der Waals surface area (Å²) in [6.07, 6.45) is 4.36. The second-order valence-corrected chi connectivity index (χ2v) is 8.50. The molecule has 0 saturated heterocycles. The molecule has 2 saturated carbocycles. The maximum atomic E-state index is 12.7. The minimum Gasteiger partial charge on any atom is -0.465 e. The van der Waals surface area contributed by atoms with E-state index in [0.717, 1.165) is 30.6 Å². The van der Waals surface area contributed by atoms with E-state index < -0.39 is 16.0 Å². The van der Waals surface area contributed by atoms with E-state index >= 15 is 0 Å². The second-order valence-electron chi connectivity index (χ2n) is 5.97. The van der Waals surface area contributed by atoms with E-state index in [9.17, 15) is 13.2 Å². The lowest BCUT2D eigenvalue weighted by atomic mass is 9.96. The number of carbonyl (C=O) groups excluding carboxylic acids is 1.